The molecule has 0 spiro atoms. The highest BCUT2D eigenvalue weighted by Gasteiger charge is 2.38. The molecule has 0 aromatic heterocycles. The van der Waals surface area contributed by atoms with E-state index in [0.717, 1.165) is 17.1 Å². The smallest absolute Gasteiger partial charge is 0.162 e. The predicted octanol–water partition coefficient (Wildman–Crippen LogP) is 5.12. The van der Waals surface area contributed by atoms with Crippen LogP contribution in [0.3, 0.4) is 0 Å². The number of ether oxygens (including phenoxy) is 1. The van der Waals surface area contributed by atoms with Crippen molar-refractivity contribution in [1.29, 1.82) is 0 Å². The van der Waals surface area contributed by atoms with Crippen LogP contribution in [0.1, 0.15) is 49.0 Å². The first-order chi connectivity index (χ1) is 10.1. The first-order valence-electron chi connectivity index (χ1n) is 7.52. The Hall–Kier alpha value is -2.09. The number of carbonyl (C=O) groups is 1. The van der Waals surface area contributed by atoms with Crippen LogP contribution in [-0.2, 0) is 5.41 Å². The SMILES string of the molecule is CCC(=O)c1ccc(Oc2ccc(C3(C)CC3)cc2)cc1. The topological polar surface area (TPSA) is 26.3 Å². The molecule has 21 heavy (non-hydrogen) atoms. The van der Waals surface area contributed by atoms with E-state index in [4.69, 9.17) is 4.74 Å². The van der Waals surface area contributed by atoms with Crippen molar-refractivity contribution in [2.45, 2.75) is 38.5 Å². The summed E-state index contributed by atoms with van der Waals surface area (Å²) >= 11 is 0. The molecule has 0 heterocycles. The maximum Gasteiger partial charge on any atom is 0.162 e. The van der Waals surface area contributed by atoms with Crippen LogP contribution >= 0.6 is 0 Å². The summed E-state index contributed by atoms with van der Waals surface area (Å²) in [5.74, 6) is 1.74. The van der Waals surface area contributed by atoms with E-state index in [0.29, 0.717) is 11.8 Å². The van der Waals surface area contributed by atoms with Crippen LogP contribution in [0.5, 0.6) is 11.5 Å². The molecule has 2 aromatic carbocycles. The van der Waals surface area contributed by atoms with Crippen LogP contribution in [0.15, 0.2) is 48.5 Å². The van der Waals surface area contributed by atoms with Crippen molar-refractivity contribution in [2.75, 3.05) is 0 Å². The lowest BCUT2D eigenvalue weighted by Crippen LogP contribution is -1.98. The Balaban J connectivity index is 1.70. The van der Waals surface area contributed by atoms with E-state index in [1.165, 1.54) is 18.4 Å². The standard InChI is InChI=1S/C19H20O2/c1-3-18(20)14-4-8-16(9-5-14)21-17-10-6-15(7-11-17)19(2)12-13-19/h4-11H,3,12-13H2,1-2H3. The number of benzene rings is 2. The second-order valence-corrected chi connectivity index (χ2v) is 5.99. The highest BCUT2D eigenvalue weighted by molar-refractivity contribution is 5.95. The summed E-state index contributed by atoms with van der Waals surface area (Å²) in [5, 5.41) is 0. The average Bonchev–Trinajstić information content (AvgIpc) is 3.27. The molecule has 108 valence electrons. The van der Waals surface area contributed by atoms with E-state index in [-0.39, 0.29) is 5.78 Å². The molecule has 1 saturated carbocycles. The lowest BCUT2D eigenvalue weighted by molar-refractivity contribution is 0.0988. The molecule has 1 fully saturated rings. The van der Waals surface area contributed by atoms with Gasteiger partial charge in [-0.1, -0.05) is 26.0 Å². The zero-order valence-corrected chi connectivity index (χ0v) is 12.6. The zero-order chi connectivity index (χ0) is 14.9. The quantitative estimate of drug-likeness (QED) is 0.710. The van der Waals surface area contributed by atoms with Gasteiger partial charge in [-0.05, 0) is 60.2 Å². The number of ketones is 1. The third-order valence-corrected chi connectivity index (χ3v) is 4.28. The third kappa shape index (κ3) is 2.99. The van der Waals surface area contributed by atoms with E-state index < -0.39 is 0 Å². The van der Waals surface area contributed by atoms with Crippen LogP contribution in [0.2, 0.25) is 0 Å². The molecule has 1 aliphatic rings. The van der Waals surface area contributed by atoms with Crippen molar-refractivity contribution < 1.29 is 9.53 Å². The molecule has 0 saturated heterocycles. The first kappa shape index (κ1) is 13.9. The van der Waals surface area contributed by atoms with Gasteiger partial charge in [-0.3, -0.25) is 4.79 Å². The van der Waals surface area contributed by atoms with Crippen molar-refractivity contribution in [3.05, 3.63) is 59.7 Å². The maximum absolute atomic E-state index is 11.6. The highest BCUT2D eigenvalue weighted by atomic mass is 16.5. The van der Waals surface area contributed by atoms with Gasteiger partial charge >= 0.3 is 0 Å². The molecule has 0 bridgehead atoms. The minimum Gasteiger partial charge on any atom is -0.457 e. The van der Waals surface area contributed by atoms with Gasteiger partial charge in [0, 0.05) is 12.0 Å². The highest BCUT2D eigenvalue weighted by Crippen LogP contribution is 2.47. The van der Waals surface area contributed by atoms with E-state index in [1.807, 2.05) is 43.3 Å². The van der Waals surface area contributed by atoms with Gasteiger partial charge in [-0.2, -0.15) is 0 Å². The van der Waals surface area contributed by atoms with Gasteiger partial charge in [-0.25, -0.2) is 0 Å². The Morgan fingerprint density at radius 2 is 1.52 bits per heavy atom. The third-order valence-electron chi connectivity index (χ3n) is 4.28. The Morgan fingerprint density at radius 1 is 1.00 bits per heavy atom. The average molecular weight is 280 g/mol. The fraction of sp³-hybridized carbons (Fsp3) is 0.316. The Morgan fingerprint density at radius 3 is 2.00 bits per heavy atom. The van der Waals surface area contributed by atoms with Gasteiger partial charge in [0.2, 0.25) is 0 Å². The summed E-state index contributed by atoms with van der Waals surface area (Å²) in [4.78, 5) is 11.6. The molecular weight excluding hydrogens is 260 g/mol. The lowest BCUT2D eigenvalue weighted by atomic mass is 9.99. The molecule has 2 heteroatoms. The molecule has 1 aliphatic carbocycles. The number of hydrogen-bond acceptors (Lipinski definition) is 2. The molecule has 0 radical (unpaired) electrons. The molecule has 3 rings (SSSR count). The van der Waals surface area contributed by atoms with Gasteiger partial charge in [0.15, 0.2) is 5.78 Å². The van der Waals surface area contributed by atoms with Crippen molar-refractivity contribution in [3.8, 4) is 11.5 Å². The molecular formula is C19H20O2. The number of carbonyl (C=O) groups excluding carboxylic acids is 1. The molecule has 0 aliphatic heterocycles. The van der Waals surface area contributed by atoms with Crippen molar-refractivity contribution >= 4 is 5.78 Å². The van der Waals surface area contributed by atoms with Crippen LogP contribution in [0, 0.1) is 0 Å². The van der Waals surface area contributed by atoms with Crippen molar-refractivity contribution in [3.63, 3.8) is 0 Å². The van der Waals surface area contributed by atoms with Crippen LogP contribution < -0.4 is 4.74 Å². The van der Waals surface area contributed by atoms with Crippen LogP contribution in [-0.4, -0.2) is 5.78 Å². The van der Waals surface area contributed by atoms with Crippen molar-refractivity contribution in [1.82, 2.24) is 0 Å². The van der Waals surface area contributed by atoms with E-state index in [2.05, 4.69) is 19.1 Å². The minimum absolute atomic E-state index is 0.156. The largest absolute Gasteiger partial charge is 0.457 e. The van der Waals surface area contributed by atoms with Crippen molar-refractivity contribution in [2.24, 2.45) is 0 Å². The predicted molar refractivity (Wildman–Crippen MR) is 84.2 cm³/mol. The second kappa shape index (κ2) is 5.36. The monoisotopic (exact) mass is 280 g/mol. The molecule has 0 N–H and O–H groups in total. The molecule has 2 nitrogen and oxygen atoms in total. The fourth-order valence-electron chi connectivity index (χ4n) is 2.45. The van der Waals surface area contributed by atoms with E-state index in [1.54, 1.807) is 0 Å². The summed E-state index contributed by atoms with van der Waals surface area (Å²) in [5.41, 5.74) is 2.52. The van der Waals surface area contributed by atoms with Crippen LogP contribution in [0.4, 0.5) is 0 Å². The van der Waals surface area contributed by atoms with Gasteiger partial charge < -0.3 is 4.74 Å². The van der Waals surface area contributed by atoms with E-state index >= 15 is 0 Å². The normalized spacial score (nSPS) is 15.5. The van der Waals surface area contributed by atoms with E-state index in [9.17, 15) is 4.79 Å². The molecule has 0 unspecified atom stereocenters. The summed E-state index contributed by atoms with van der Waals surface area (Å²) in [6, 6.07) is 15.7. The fourth-order valence-corrected chi connectivity index (χ4v) is 2.45. The summed E-state index contributed by atoms with van der Waals surface area (Å²) in [7, 11) is 0. The van der Waals surface area contributed by atoms with Gasteiger partial charge in [-0.15, -0.1) is 0 Å². The summed E-state index contributed by atoms with van der Waals surface area (Å²) < 4.78 is 5.82. The number of hydrogen-bond donors (Lipinski definition) is 0. The number of Topliss-reactive ketones (excluding diaryl/α,β-unsaturated/α-hetero) is 1. The first-order valence-corrected chi connectivity index (χ1v) is 7.52. The number of rotatable bonds is 5. The van der Waals surface area contributed by atoms with Gasteiger partial charge in [0.1, 0.15) is 11.5 Å². The second-order valence-electron chi connectivity index (χ2n) is 5.99. The summed E-state index contributed by atoms with van der Waals surface area (Å²) in [6.45, 7) is 4.17. The summed E-state index contributed by atoms with van der Waals surface area (Å²) in [6.07, 6.45) is 3.08. The minimum atomic E-state index is 0.156. The lowest BCUT2D eigenvalue weighted by Gasteiger charge is -2.10. The Bertz CT molecular complexity index is 634. The Kier molecular flexibility index (Phi) is 3.54. The maximum atomic E-state index is 11.6. The zero-order valence-electron chi connectivity index (χ0n) is 12.6. The van der Waals surface area contributed by atoms with Gasteiger partial charge in [0.05, 0.1) is 0 Å². The molecule has 0 amide bonds. The van der Waals surface area contributed by atoms with Gasteiger partial charge in [0.25, 0.3) is 0 Å². The Labute approximate surface area is 125 Å². The van der Waals surface area contributed by atoms with Crippen LogP contribution in [0.25, 0.3) is 0 Å². The molecule has 2 aromatic rings. The molecule has 0 atom stereocenters.